The van der Waals surface area contributed by atoms with Crippen LogP contribution in [0.3, 0.4) is 0 Å². The number of aromatic nitrogens is 2. The van der Waals surface area contributed by atoms with Crippen molar-refractivity contribution in [2.45, 2.75) is 19.9 Å². The molecule has 164 valence electrons. The van der Waals surface area contributed by atoms with E-state index >= 15 is 0 Å². The number of aliphatic hydroxyl groups is 1. The summed E-state index contributed by atoms with van der Waals surface area (Å²) in [6, 6.07) is 15.0. The lowest BCUT2D eigenvalue weighted by Crippen LogP contribution is -2.45. The second-order valence-electron chi connectivity index (χ2n) is 7.32. The summed E-state index contributed by atoms with van der Waals surface area (Å²) >= 11 is 3.31. The minimum Gasteiger partial charge on any atom is -0.507 e. The first kappa shape index (κ1) is 23.0. The van der Waals surface area contributed by atoms with Gasteiger partial charge in [0.1, 0.15) is 24.3 Å². The Bertz CT molecular complexity index is 1190. The van der Waals surface area contributed by atoms with Crippen molar-refractivity contribution >= 4 is 44.4 Å². The highest BCUT2D eigenvalue weighted by molar-refractivity contribution is 9.10. The lowest BCUT2D eigenvalue weighted by molar-refractivity contribution is -0.146. The molecule has 3 N–H and O–H groups in total. The average Bonchev–Trinajstić information content (AvgIpc) is 3.20. The summed E-state index contributed by atoms with van der Waals surface area (Å²) in [4.78, 5) is 32.5. The average molecular weight is 497 g/mol. The van der Waals surface area contributed by atoms with E-state index in [4.69, 9.17) is 4.74 Å². The molecule has 3 rings (SSSR count). The number of amides is 1. The van der Waals surface area contributed by atoms with Gasteiger partial charge < -0.3 is 20.1 Å². The molecule has 32 heavy (non-hydrogen) atoms. The first-order chi connectivity index (χ1) is 15.3. The lowest BCUT2D eigenvalue weighted by atomic mass is 10.0. The van der Waals surface area contributed by atoms with Crippen LogP contribution in [0.4, 0.5) is 0 Å². The van der Waals surface area contributed by atoms with Gasteiger partial charge in [0.25, 0.3) is 5.91 Å². The Morgan fingerprint density at radius 1 is 1.22 bits per heavy atom. The van der Waals surface area contributed by atoms with Crippen LogP contribution in [0, 0.1) is 17.2 Å². The Balaban J connectivity index is 1.73. The van der Waals surface area contributed by atoms with Gasteiger partial charge in [0, 0.05) is 4.47 Å². The fourth-order valence-electron chi connectivity index (χ4n) is 2.99. The molecular formula is C23H21BrN4O4. The molecule has 1 atom stereocenters. The Hall–Kier alpha value is -3.64. The first-order valence-corrected chi connectivity index (χ1v) is 10.6. The largest absolute Gasteiger partial charge is 0.507 e. The zero-order valence-electron chi connectivity index (χ0n) is 17.4. The first-order valence-electron chi connectivity index (χ1n) is 9.81. The normalized spacial score (nSPS) is 12.7. The minimum atomic E-state index is -0.945. The second-order valence-corrected chi connectivity index (χ2v) is 8.17. The van der Waals surface area contributed by atoms with E-state index in [9.17, 15) is 20.0 Å². The maximum atomic E-state index is 12.6. The number of esters is 1. The Morgan fingerprint density at radius 3 is 2.56 bits per heavy atom. The number of allylic oxidation sites excluding steroid dienone is 1. The van der Waals surface area contributed by atoms with Gasteiger partial charge in [-0.05, 0) is 46.1 Å². The van der Waals surface area contributed by atoms with Crippen molar-refractivity contribution < 1.29 is 19.4 Å². The number of H-pyrrole nitrogens is 1. The summed E-state index contributed by atoms with van der Waals surface area (Å²) in [6.45, 7) is 2.99. The number of nitriles is 1. The van der Waals surface area contributed by atoms with E-state index in [2.05, 4.69) is 31.2 Å². The van der Waals surface area contributed by atoms with Crippen LogP contribution in [0.1, 0.15) is 30.0 Å². The maximum Gasteiger partial charge on any atom is 0.329 e. The molecule has 1 amide bonds. The lowest BCUT2D eigenvalue weighted by Gasteiger charge is -2.21. The zero-order valence-corrected chi connectivity index (χ0v) is 19.0. The van der Waals surface area contributed by atoms with Crippen LogP contribution in [0.5, 0.6) is 0 Å². The standard InChI is InChI=1S/C23H21BrN4O4/c1-13(2)20(28-22(30)14-7-3-4-8-16(14)24)23(31)32-12-19(29)15(11-25)21-26-17-9-5-6-10-18(17)27-21/h3-10,13,20,29H,12H2,1-2H3,(H,26,27)(H,28,30)/b19-15-. The third-order valence-corrected chi connectivity index (χ3v) is 5.39. The number of imidazole rings is 1. The number of aromatic amines is 1. The summed E-state index contributed by atoms with van der Waals surface area (Å²) in [6.07, 6.45) is 0. The van der Waals surface area contributed by atoms with Gasteiger partial charge in [-0.3, -0.25) is 4.79 Å². The van der Waals surface area contributed by atoms with E-state index in [1.165, 1.54) is 0 Å². The molecule has 1 heterocycles. The number of benzene rings is 2. The molecule has 0 aliphatic rings. The summed E-state index contributed by atoms with van der Waals surface area (Å²) in [5, 5.41) is 22.5. The SMILES string of the molecule is CC(C)C(NC(=O)c1ccccc1Br)C(=O)OC/C(O)=C(\C#N)c1nc2ccccc2[nH]1. The van der Waals surface area contributed by atoms with Crippen molar-refractivity contribution in [1.29, 1.82) is 5.26 Å². The molecule has 9 heteroatoms. The number of nitrogens with one attached hydrogen (secondary N) is 2. The number of para-hydroxylation sites is 2. The molecule has 3 aromatic rings. The van der Waals surface area contributed by atoms with Gasteiger partial charge in [-0.15, -0.1) is 0 Å². The summed E-state index contributed by atoms with van der Waals surface area (Å²) in [5.41, 5.74) is 1.59. The van der Waals surface area contributed by atoms with Crippen LogP contribution in [-0.2, 0) is 9.53 Å². The van der Waals surface area contributed by atoms with E-state index in [1.54, 1.807) is 56.3 Å². The molecule has 0 fully saturated rings. The predicted octanol–water partition coefficient (Wildman–Crippen LogP) is 4.12. The van der Waals surface area contributed by atoms with E-state index < -0.39 is 30.3 Å². The van der Waals surface area contributed by atoms with Gasteiger partial charge in [0.15, 0.2) is 11.6 Å². The van der Waals surface area contributed by atoms with E-state index in [0.29, 0.717) is 21.1 Å². The van der Waals surface area contributed by atoms with E-state index in [1.807, 2.05) is 12.1 Å². The van der Waals surface area contributed by atoms with E-state index in [-0.39, 0.29) is 17.3 Å². The van der Waals surface area contributed by atoms with Crippen LogP contribution in [0.2, 0.25) is 0 Å². The fourth-order valence-corrected chi connectivity index (χ4v) is 3.45. The van der Waals surface area contributed by atoms with Gasteiger partial charge in [0.2, 0.25) is 0 Å². The molecule has 0 bridgehead atoms. The summed E-state index contributed by atoms with van der Waals surface area (Å²) in [5.74, 6) is -1.71. The van der Waals surface area contributed by atoms with Gasteiger partial charge in [0.05, 0.1) is 16.6 Å². The Labute approximate surface area is 193 Å². The summed E-state index contributed by atoms with van der Waals surface area (Å²) in [7, 11) is 0. The highest BCUT2D eigenvalue weighted by Gasteiger charge is 2.27. The monoisotopic (exact) mass is 496 g/mol. The number of fused-ring (bicyclic) bond motifs is 1. The van der Waals surface area contributed by atoms with Crippen LogP contribution >= 0.6 is 15.9 Å². The van der Waals surface area contributed by atoms with Gasteiger partial charge in [-0.2, -0.15) is 5.26 Å². The van der Waals surface area contributed by atoms with Crippen molar-refractivity contribution in [2.75, 3.05) is 6.61 Å². The topological polar surface area (TPSA) is 128 Å². The molecule has 2 aromatic carbocycles. The summed E-state index contributed by atoms with van der Waals surface area (Å²) < 4.78 is 5.80. The molecule has 0 radical (unpaired) electrons. The number of carbonyl (C=O) groups excluding carboxylic acids is 2. The molecule has 0 aliphatic carbocycles. The number of halogens is 1. The number of carbonyl (C=O) groups is 2. The van der Waals surface area contributed by atoms with Crippen LogP contribution in [0.15, 0.2) is 58.8 Å². The molecule has 0 spiro atoms. The van der Waals surface area contributed by atoms with Crippen LogP contribution < -0.4 is 5.32 Å². The Kier molecular flexibility index (Phi) is 7.28. The molecule has 0 saturated carbocycles. The number of ether oxygens (including phenoxy) is 1. The molecule has 8 nitrogen and oxygen atoms in total. The van der Waals surface area contributed by atoms with Crippen LogP contribution in [-0.4, -0.2) is 39.6 Å². The second kappa shape index (κ2) is 10.1. The Morgan fingerprint density at radius 2 is 1.91 bits per heavy atom. The maximum absolute atomic E-state index is 12.6. The predicted molar refractivity (Wildman–Crippen MR) is 122 cm³/mol. The molecular weight excluding hydrogens is 476 g/mol. The molecule has 1 unspecified atom stereocenters. The smallest absolute Gasteiger partial charge is 0.329 e. The molecule has 0 saturated heterocycles. The van der Waals surface area contributed by atoms with Crippen molar-refractivity contribution in [3.8, 4) is 6.07 Å². The minimum absolute atomic E-state index is 0.132. The van der Waals surface area contributed by atoms with Crippen molar-refractivity contribution in [2.24, 2.45) is 5.92 Å². The van der Waals surface area contributed by atoms with Crippen LogP contribution in [0.25, 0.3) is 16.6 Å². The molecule has 0 aliphatic heterocycles. The number of hydrogen-bond acceptors (Lipinski definition) is 6. The number of nitrogens with zero attached hydrogens (tertiary/aromatic N) is 2. The van der Waals surface area contributed by atoms with Gasteiger partial charge in [-0.1, -0.05) is 38.1 Å². The van der Waals surface area contributed by atoms with Crippen molar-refractivity contribution in [1.82, 2.24) is 15.3 Å². The highest BCUT2D eigenvalue weighted by atomic mass is 79.9. The fraction of sp³-hybridized carbons (Fsp3) is 0.217. The van der Waals surface area contributed by atoms with Gasteiger partial charge in [-0.25, -0.2) is 9.78 Å². The third-order valence-electron chi connectivity index (χ3n) is 4.70. The zero-order chi connectivity index (χ0) is 23.3. The third kappa shape index (κ3) is 5.15. The van der Waals surface area contributed by atoms with Crippen molar-refractivity contribution in [3.05, 3.63) is 70.2 Å². The number of rotatable bonds is 7. The van der Waals surface area contributed by atoms with Crippen molar-refractivity contribution in [3.63, 3.8) is 0 Å². The highest BCUT2D eigenvalue weighted by Crippen LogP contribution is 2.20. The number of aliphatic hydroxyl groups excluding tert-OH is 1. The molecule has 1 aromatic heterocycles. The van der Waals surface area contributed by atoms with E-state index in [0.717, 1.165) is 0 Å². The number of hydrogen-bond donors (Lipinski definition) is 3. The quantitative estimate of drug-likeness (QED) is 0.256. The van der Waals surface area contributed by atoms with Gasteiger partial charge >= 0.3 is 5.97 Å².